The standard InChI is InChI=1S/C12H20O7/c1-7-9(13)15-12(6,8-2)16-10(14)17-19-18-11(3,4)5/h7H,1,8H2,2-6H3. The number of hydrogen-bond donors (Lipinski definition) is 0. The molecule has 0 aliphatic rings. The summed E-state index contributed by atoms with van der Waals surface area (Å²) in [7, 11) is 0. The van der Waals surface area contributed by atoms with Crippen LogP contribution in [-0.4, -0.2) is 23.5 Å². The summed E-state index contributed by atoms with van der Waals surface area (Å²) in [6.45, 7) is 11.4. The van der Waals surface area contributed by atoms with Gasteiger partial charge >= 0.3 is 12.1 Å². The second-order valence-electron chi connectivity index (χ2n) is 4.81. The zero-order valence-corrected chi connectivity index (χ0v) is 11.8. The third-order valence-corrected chi connectivity index (χ3v) is 1.81. The first-order valence-electron chi connectivity index (χ1n) is 5.72. The molecular weight excluding hydrogens is 256 g/mol. The van der Waals surface area contributed by atoms with Gasteiger partial charge in [0, 0.05) is 19.4 Å². The Hall–Kier alpha value is -1.60. The minimum atomic E-state index is -1.46. The summed E-state index contributed by atoms with van der Waals surface area (Å²) in [4.78, 5) is 31.3. The zero-order valence-electron chi connectivity index (χ0n) is 11.8. The monoisotopic (exact) mass is 276 g/mol. The highest BCUT2D eigenvalue weighted by atomic mass is 17.5. The van der Waals surface area contributed by atoms with E-state index in [1.165, 1.54) is 6.92 Å². The lowest BCUT2D eigenvalue weighted by atomic mass is 10.2. The van der Waals surface area contributed by atoms with Crippen molar-refractivity contribution in [3.05, 3.63) is 12.7 Å². The van der Waals surface area contributed by atoms with E-state index in [-0.39, 0.29) is 6.42 Å². The van der Waals surface area contributed by atoms with Gasteiger partial charge in [-0.05, 0) is 25.8 Å². The summed E-state index contributed by atoms with van der Waals surface area (Å²) in [6.07, 6.45) is -0.00523. The van der Waals surface area contributed by atoms with Gasteiger partial charge in [0.2, 0.25) is 0 Å². The Balaban J connectivity index is 4.27. The van der Waals surface area contributed by atoms with Crippen LogP contribution >= 0.6 is 0 Å². The van der Waals surface area contributed by atoms with Crippen molar-refractivity contribution in [1.82, 2.24) is 0 Å². The Morgan fingerprint density at radius 1 is 1.16 bits per heavy atom. The molecule has 0 bridgehead atoms. The van der Waals surface area contributed by atoms with Crippen LogP contribution in [0.3, 0.4) is 0 Å². The molecule has 0 aromatic carbocycles. The van der Waals surface area contributed by atoms with Gasteiger partial charge in [-0.25, -0.2) is 14.5 Å². The van der Waals surface area contributed by atoms with Crippen LogP contribution in [-0.2, 0) is 29.1 Å². The van der Waals surface area contributed by atoms with E-state index in [2.05, 4.69) is 16.5 Å². The molecule has 0 N–H and O–H groups in total. The molecule has 0 aliphatic heterocycles. The average Bonchev–Trinajstić information content (AvgIpc) is 2.26. The summed E-state index contributed by atoms with van der Waals surface area (Å²) in [5, 5.41) is 4.25. The lowest BCUT2D eigenvalue weighted by Crippen LogP contribution is -2.36. The van der Waals surface area contributed by atoms with Crippen LogP contribution in [0, 0.1) is 0 Å². The van der Waals surface area contributed by atoms with Crippen LogP contribution in [0.5, 0.6) is 0 Å². The van der Waals surface area contributed by atoms with E-state index in [4.69, 9.17) is 14.4 Å². The fourth-order valence-corrected chi connectivity index (χ4v) is 0.760. The van der Waals surface area contributed by atoms with Crippen molar-refractivity contribution < 1.29 is 33.9 Å². The molecule has 7 nitrogen and oxygen atoms in total. The number of rotatable bonds is 6. The van der Waals surface area contributed by atoms with Gasteiger partial charge in [-0.3, -0.25) is 0 Å². The maximum atomic E-state index is 11.3. The Bertz CT molecular complexity index is 331. The molecule has 0 saturated heterocycles. The number of esters is 1. The third-order valence-electron chi connectivity index (χ3n) is 1.81. The summed E-state index contributed by atoms with van der Waals surface area (Å²) in [6, 6.07) is 0. The predicted molar refractivity (Wildman–Crippen MR) is 64.5 cm³/mol. The largest absolute Gasteiger partial charge is 0.545 e. The molecule has 1 unspecified atom stereocenters. The minimum absolute atomic E-state index is 0.224. The molecular formula is C12H20O7. The lowest BCUT2D eigenvalue weighted by molar-refractivity contribution is -0.516. The van der Waals surface area contributed by atoms with Crippen molar-refractivity contribution in [2.45, 2.75) is 52.4 Å². The molecule has 0 radical (unpaired) electrons. The van der Waals surface area contributed by atoms with Gasteiger partial charge in [-0.15, -0.1) is 0 Å². The van der Waals surface area contributed by atoms with Crippen LogP contribution in [0.25, 0.3) is 0 Å². The molecule has 0 aromatic rings. The van der Waals surface area contributed by atoms with Crippen molar-refractivity contribution >= 4 is 12.1 Å². The zero-order chi connectivity index (χ0) is 15.1. The molecule has 1 atom stereocenters. The molecule has 110 valence electrons. The number of ether oxygens (including phenoxy) is 2. The van der Waals surface area contributed by atoms with E-state index in [1.54, 1.807) is 27.7 Å². The van der Waals surface area contributed by atoms with Crippen molar-refractivity contribution in [3.63, 3.8) is 0 Å². The van der Waals surface area contributed by atoms with Gasteiger partial charge in [0.15, 0.2) is 0 Å². The smallest absolute Gasteiger partial charge is 0.420 e. The Morgan fingerprint density at radius 2 is 1.74 bits per heavy atom. The summed E-state index contributed by atoms with van der Waals surface area (Å²) < 4.78 is 9.70. The normalized spacial score (nSPS) is 14.2. The molecule has 0 fully saturated rings. The van der Waals surface area contributed by atoms with E-state index in [0.717, 1.165) is 6.08 Å². The van der Waals surface area contributed by atoms with Gasteiger partial charge < -0.3 is 9.47 Å². The van der Waals surface area contributed by atoms with Gasteiger partial charge in [0.1, 0.15) is 0 Å². The Kier molecular flexibility index (Phi) is 6.51. The van der Waals surface area contributed by atoms with Crippen molar-refractivity contribution in [2.24, 2.45) is 0 Å². The topological polar surface area (TPSA) is 80.3 Å². The maximum Gasteiger partial charge on any atom is 0.545 e. The molecule has 0 aliphatic carbocycles. The molecule has 0 saturated carbocycles. The van der Waals surface area contributed by atoms with E-state index in [0.29, 0.717) is 0 Å². The second kappa shape index (κ2) is 7.10. The van der Waals surface area contributed by atoms with Crippen LogP contribution in [0.4, 0.5) is 4.79 Å². The lowest BCUT2D eigenvalue weighted by Gasteiger charge is -2.26. The predicted octanol–water partition coefficient (Wildman–Crippen LogP) is 2.66. The van der Waals surface area contributed by atoms with Gasteiger partial charge in [0.05, 0.1) is 5.60 Å². The Morgan fingerprint density at radius 3 is 2.16 bits per heavy atom. The molecule has 0 spiro atoms. The molecule has 0 heterocycles. The van der Waals surface area contributed by atoms with Crippen molar-refractivity contribution in [1.29, 1.82) is 0 Å². The fourth-order valence-electron chi connectivity index (χ4n) is 0.760. The number of carbonyl (C=O) groups excluding carboxylic acids is 2. The molecule has 0 rings (SSSR count). The van der Waals surface area contributed by atoms with Crippen molar-refractivity contribution in [2.75, 3.05) is 0 Å². The van der Waals surface area contributed by atoms with Crippen LogP contribution in [0.2, 0.25) is 0 Å². The first-order chi connectivity index (χ1) is 8.62. The highest BCUT2D eigenvalue weighted by molar-refractivity contribution is 5.81. The van der Waals surface area contributed by atoms with Crippen LogP contribution in [0.1, 0.15) is 41.0 Å². The first kappa shape index (κ1) is 17.4. The quantitative estimate of drug-likeness (QED) is 0.242. The molecule has 0 amide bonds. The SMILES string of the molecule is C=CC(=O)OC(C)(CC)OC(=O)OOOC(C)(C)C. The highest BCUT2D eigenvalue weighted by Gasteiger charge is 2.32. The fraction of sp³-hybridized carbons (Fsp3) is 0.667. The number of carbonyl (C=O) groups is 2. The summed E-state index contributed by atoms with van der Waals surface area (Å²) >= 11 is 0. The molecule has 7 heteroatoms. The van der Waals surface area contributed by atoms with Gasteiger partial charge in [-0.2, -0.15) is 4.89 Å². The summed E-state index contributed by atoms with van der Waals surface area (Å²) in [5.74, 6) is -2.18. The Labute approximate surface area is 112 Å². The first-order valence-corrected chi connectivity index (χ1v) is 5.72. The summed E-state index contributed by atoms with van der Waals surface area (Å²) in [5.41, 5.74) is -0.649. The van der Waals surface area contributed by atoms with E-state index in [9.17, 15) is 9.59 Å². The molecule has 19 heavy (non-hydrogen) atoms. The highest BCUT2D eigenvalue weighted by Crippen LogP contribution is 2.19. The van der Waals surface area contributed by atoms with Gasteiger partial charge in [-0.1, -0.05) is 13.5 Å². The molecule has 0 aromatic heterocycles. The number of hydrogen-bond acceptors (Lipinski definition) is 7. The van der Waals surface area contributed by atoms with Crippen LogP contribution < -0.4 is 0 Å². The third kappa shape index (κ3) is 8.17. The van der Waals surface area contributed by atoms with E-state index < -0.39 is 23.5 Å². The van der Waals surface area contributed by atoms with Gasteiger partial charge in [0.25, 0.3) is 5.79 Å². The van der Waals surface area contributed by atoms with E-state index in [1.807, 2.05) is 0 Å². The minimum Gasteiger partial charge on any atom is -0.420 e. The second-order valence-corrected chi connectivity index (χ2v) is 4.81. The van der Waals surface area contributed by atoms with E-state index >= 15 is 0 Å². The van der Waals surface area contributed by atoms with Crippen LogP contribution in [0.15, 0.2) is 12.7 Å². The van der Waals surface area contributed by atoms with Crippen molar-refractivity contribution in [3.8, 4) is 0 Å². The maximum absolute atomic E-state index is 11.3. The average molecular weight is 276 g/mol.